The summed E-state index contributed by atoms with van der Waals surface area (Å²) in [6.07, 6.45) is 1.64. The van der Waals surface area contributed by atoms with Crippen LogP contribution in [0.5, 0.6) is 0 Å². The predicted molar refractivity (Wildman–Crippen MR) is 103 cm³/mol. The number of rotatable bonds is 5. The monoisotopic (exact) mass is 368 g/mol. The number of aromatic nitrogens is 1. The maximum atomic E-state index is 12.5. The first-order valence-electron chi connectivity index (χ1n) is 9.05. The Labute approximate surface area is 158 Å². The minimum Gasteiger partial charge on any atom is -0.462 e. The maximum absolute atomic E-state index is 12.5. The highest BCUT2D eigenvalue weighted by atomic mass is 16.5. The molecule has 1 N–H and O–H groups in total. The molecule has 2 heterocycles. The Kier molecular flexibility index (Phi) is 6.03. The number of amides is 1. The first kappa shape index (κ1) is 18.8. The van der Waals surface area contributed by atoms with Crippen LogP contribution in [0.2, 0.25) is 0 Å². The molecule has 0 atom stereocenters. The molecule has 142 valence electrons. The third kappa shape index (κ3) is 4.83. The Morgan fingerprint density at radius 3 is 2.30 bits per heavy atom. The van der Waals surface area contributed by atoms with E-state index in [2.05, 4.69) is 22.2 Å². The van der Waals surface area contributed by atoms with Gasteiger partial charge in [0.15, 0.2) is 0 Å². The van der Waals surface area contributed by atoms with Crippen LogP contribution in [-0.4, -0.2) is 66.5 Å². The summed E-state index contributed by atoms with van der Waals surface area (Å²) in [5.74, 6) is -0.370. The van der Waals surface area contributed by atoms with E-state index in [4.69, 9.17) is 4.74 Å². The number of carbonyl (C=O) groups excluding carboxylic acids is 2. The minimum absolute atomic E-state index is 0.0339. The summed E-state index contributed by atoms with van der Waals surface area (Å²) in [5.41, 5.74) is 2.55. The first-order valence-corrected chi connectivity index (χ1v) is 9.05. The molecule has 1 aromatic carbocycles. The normalized spacial score (nSPS) is 14.7. The van der Waals surface area contributed by atoms with Gasteiger partial charge in [-0.1, -0.05) is 0 Å². The van der Waals surface area contributed by atoms with Crippen molar-refractivity contribution in [3.05, 3.63) is 53.9 Å². The minimum atomic E-state index is -0.336. The fourth-order valence-corrected chi connectivity index (χ4v) is 2.84. The van der Waals surface area contributed by atoms with E-state index in [1.54, 1.807) is 43.5 Å². The highest BCUT2D eigenvalue weighted by Gasteiger charge is 2.21. The fraction of sp³-hybridized carbons (Fsp3) is 0.350. The molecule has 0 bridgehead atoms. The summed E-state index contributed by atoms with van der Waals surface area (Å²) in [7, 11) is 2.06. The second kappa shape index (κ2) is 8.64. The third-order valence-corrected chi connectivity index (χ3v) is 4.46. The number of ether oxygens (including phenoxy) is 1. The third-order valence-electron chi connectivity index (χ3n) is 4.46. The molecular weight excluding hydrogens is 344 g/mol. The SMILES string of the molecule is CCOC(=O)c1ccc(Nc2ccc(C(=O)N3CCN(C)CC3)nc2)cc1. The molecule has 0 unspecified atom stereocenters. The van der Waals surface area contributed by atoms with Crippen LogP contribution in [0.15, 0.2) is 42.6 Å². The standard InChI is InChI=1S/C20H24N4O3/c1-3-27-20(26)15-4-6-16(7-5-15)22-17-8-9-18(21-14-17)19(25)24-12-10-23(2)11-13-24/h4-9,14,22H,3,10-13H2,1-2H3. The Bertz CT molecular complexity index is 782. The van der Waals surface area contributed by atoms with Gasteiger partial charge in [0, 0.05) is 31.9 Å². The van der Waals surface area contributed by atoms with Gasteiger partial charge in [-0.3, -0.25) is 4.79 Å². The van der Waals surface area contributed by atoms with Crippen molar-refractivity contribution in [1.82, 2.24) is 14.8 Å². The topological polar surface area (TPSA) is 74.8 Å². The lowest BCUT2D eigenvalue weighted by molar-refractivity contribution is 0.0526. The van der Waals surface area contributed by atoms with Crippen molar-refractivity contribution in [3.8, 4) is 0 Å². The molecule has 0 radical (unpaired) electrons. The van der Waals surface area contributed by atoms with Crippen molar-refractivity contribution in [3.63, 3.8) is 0 Å². The predicted octanol–water partition coefficient (Wildman–Crippen LogP) is 2.39. The van der Waals surface area contributed by atoms with Crippen molar-refractivity contribution in [1.29, 1.82) is 0 Å². The van der Waals surface area contributed by atoms with E-state index in [1.807, 2.05) is 11.0 Å². The number of esters is 1. The zero-order chi connectivity index (χ0) is 19.2. The van der Waals surface area contributed by atoms with Gasteiger partial charge in [-0.2, -0.15) is 0 Å². The van der Waals surface area contributed by atoms with Gasteiger partial charge in [0.2, 0.25) is 0 Å². The van der Waals surface area contributed by atoms with Gasteiger partial charge in [0.05, 0.1) is 24.1 Å². The van der Waals surface area contributed by atoms with Crippen LogP contribution in [0.3, 0.4) is 0 Å². The average Bonchev–Trinajstić information content (AvgIpc) is 2.69. The van der Waals surface area contributed by atoms with E-state index in [-0.39, 0.29) is 11.9 Å². The Balaban J connectivity index is 1.60. The number of hydrogen-bond acceptors (Lipinski definition) is 6. The molecular formula is C20H24N4O3. The second-order valence-corrected chi connectivity index (χ2v) is 6.45. The summed E-state index contributed by atoms with van der Waals surface area (Å²) in [6, 6.07) is 10.6. The quantitative estimate of drug-likeness (QED) is 0.817. The van der Waals surface area contributed by atoms with E-state index in [0.29, 0.717) is 17.9 Å². The van der Waals surface area contributed by atoms with Gasteiger partial charge >= 0.3 is 5.97 Å². The lowest BCUT2D eigenvalue weighted by Crippen LogP contribution is -2.47. The Morgan fingerprint density at radius 2 is 1.70 bits per heavy atom. The smallest absolute Gasteiger partial charge is 0.338 e. The molecule has 0 spiro atoms. The molecule has 1 amide bonds. The summed E-state index contributed by atoms with van der Waals surface area (Å²) >= 11 is 0. The highest BCUT2D eigenvalue weighted by Crippen LogP contribution is 2.17. The van der Waals surface area contributed by atoms with E-state index in [0.717, 1.165) is 37.6 Å². The number of nitrogens with one attached hydrogen (secondary N) is 1. The number of carbonyl (C=O) groups is 2. The van der Waals surface area contributed by atoms with Crippen LogP contribution in [0.4, 0.5) is 11.4 Å². The molecule has 1 aliphatic heterocycles. The zero-order valence-corrected chi connectivity index (χ0v) is 15.6. The van der Waals surface area contributed by atoms with Crippen molar-refractivity contribution in [2.24, 2.45) is 0 Å². The molecule has 2 aromatic rings. The second-order valence-electron chi connectivity index (χ2n) is 6.45. The lowest BCUT2D eigenvalue weighted by Gasteiger charge is -2.32. The van der Waals surface area contributed by atoms with Crippen molar-refractivity contribution in [2.75, 3.05) is 45.2 Å². The highest BCUT2D eigenvalue weighted by molar-refractivity contribution is 5.92. The van der Waals surface area contributed by atoms with Gasteiger partial charge in [0.25, 0.3) is 5.91 Å². The number of anilines is 2. The van der Waals surface area contributed by atoms with Gasteiger partial charge in [-0.15, -0.1) is 0 Å². The fourth-order valence-electron chi connectivity index (χ4n) is 2.84. The molecule has 1 aliphatic rings. The van der Waals surface area contributed by atoms with Crippen molar-refractivity contribution < 1.29 is 14.3 Å². The molecule has 0 aliphatic carbocycles. The summed E-state index contributed by atoms with van der Waals surface area (Å²) < 4.78 is 4.97. The zero-order valence-electron chi connectivity index (χ0n) is 15.6. The number of pyridine rings is 1. The molecule has 3 rings (SSSR count). The molecule has 27 heavy (non-hydrogen) atoms. The maximum Gasteiger partial charge on any atom is 0.338 e. The Hall–Kier alpha value is -2.93. The van der Waals surface area contributed by atoms with Crippen LogP contribution >= 0.6 is 0 Å². The van der Waals surface area contributed by atoms with Crippen LogP contribution in [0.25, 0.3) is 0 Å². The lowest BCUT2D eigenvalue weighted by atomic mass is 10.2. The van der Waals surface area contributed by atoms with E-state index < -0.39 is 0 Å². The summed E-state index contributed by atoms with van der Waals surface area (Å²) in [4.78, 5) is 32.5. The molecule has 1 aromatic heterocycles. The van der Waals surface area contributed by atoms with Crippen LogP contribution < -0.4 is 5.32 Å². The molecule has 7 heteroatoms. The summed E-state index contributed by atoms with van der Waals surface area (Å²) in [5, 5.41) is 3.21. The van der Waals surface area contributed by atoms with Gasteiger partial charge in [-0.05, 0) is 50.4 Å². The van der Waals surface area contributed by atoms with Crippen LogP contribution in [0.1, 0.15) is 27.8 Å². The number of nitrogens with zero attached hydrogens (tertiary/aromatic N) is 3. The molecule has 7 nitrogen and oxygen atoms in total. The average molecular weight is 368 g/mol. The van der Waals surface area contributed by atoms with Crippen molar-refractivity contribution in [2.45, 2.75) is 6.92 Å². The summed E-state index contributed by atoms with van der Waals surface area (Å²) in [6.45, 7) is 5.34. The van der Waals surface area contributed by atoms with E-state index in [1.165, 1.54) is 0 Å². The van der Waals surface area contributed by atoms with Crippen LogP contribution in [-0.2, 0) is 4.74 Å². The van der Waals surface area contributed by atoms with Crippen LogP contribution in [0, 0.1) is 0 Å². The van der Waals surface area contributed by atoms with Gasteiger partial charge < -0.3 is 19.9 Å². The molecule has 1 saturated heterocycles. The van der Waals surface area contributed by atoms with E-state index >= 15 is 0 Å². The molecule has 0 saturated carbocycles. The number of likely N-dealkylation sites (N-methyl/N-ethyl adjacent to an activating group) is 1. The number of benzene rings is 1. The van der Waals surface area contributed by atoms with Gasteiger partial charge in [0.1, 0.15) is 5.69 Å². The number of hydrogen-bond donors (Lipinski definition) is 1. The Morgan fingerprint density at radius 1 is 1.04 bits per heavy atom. The molecule has 1 fully saturated rings. The largest absolute Gasteiger partial charge is 0.462 e. The van der Waals surface area contributed by atoms with Crippen molar-refractivity contribution >= 4 is 23.3 Å². The van der Waals surface area contributed by atoms with Gasteiger partial charge in [-0.25, -0.2) is 9.78 Å². The van der Waals surface area contributed by atoms with E-state index in [9.17, 15) is 9.59 Å². The number of piperazine rings is 1. The first-order chi connectivity index (χ1) is 13.1.